The van der Waals surface area contributed by atoms with Crippen molar-refractivity contribution in [3.63, 3.8) is 0 Å². The van der Waals surface area contributed by atoms with E-state index in [1.807, 2.05) is 91.0 Å². The summed E-state index contributed by atoms with van der Waals surface area (Å²) in [5, 5.41) is 0. The quantitative estimate of drug-likeness (QED) is 0.331. The molecule has 7 nitrogen and oxygen atoms in total. The minimum atomic E-state index is -0.749. The molecule has 0 radical (unpaired) electrons. The summed E-state index contributed by atoms with van der Waals surface area (Å²) in [4.78, 5) is 11.6. The Kier molecular flexibility index (Phi) is 10.2. The molecule has 1 fully saturated rings. The Bertz CT molecular complexity index is 1060. The van der Waals surface area contributed by atoms with Crippen molar-refractivity contribution in [1.82, 2.24) is 0 Å². The number of carbonyl (C=O) groups is 1. The van der Waals surface area contributed by atoms with E-state index in [1.54, 1.807) is 7.11 Å². The van der Waals surface area contributed by atoms with E-state index >= 15 is 0 Å². The topological polar surface area (TPSA) is 72.5 Å². The summed E-state index contributed by atoms with van der Waals surface area (Å²) in [7, 11) is 1.56. The van der Waals surface area contributed by atoms with Gasteiger partial charge in [-0.05, 0) is 16.7 Å². The lowest BCUT2D eigenvalue weighted by molar-refractivity contribution is -0.321. The fourth-order valence-electron chi connectivity index (χ4n) is 4.27. The Labute approximate surface area is 218 Å². The summed E-state index contributed by atoms with van der Waals surface area (Å²) in [6, 6.07) is 29.7. The van der Waals surface area contributed by atoms with E-state index in [0.29, 0.717) is 19.8 Å². The molecule has 5 atom stereocenters. The van der Waals surface area contributed by atoms with Gasteiger partial charge in [0.2, 0.25) is 0 Å². The normalized spacial score (nSPS) is 23.5. The Hall–Kier alpha value is -3.07. The van der Waals surface area contributed by atoms with Gasteiger partial charge in [0.25, 0.3) is 0 Å². The third kappa shape index (κ3) is 7.95. The first-order valence-electron chi connectivity index (χ1n) is 12.4. The van der Waals surface area contributed by atoms with Crippen LogP contribution in [0.3, 0.4) is 0 Å². The third-order valence-electron chi connectivity index (χ3n) is 6.13. The molecule has 7 heteroatoms. The highest BCUT2D eigenvalue weighted by Gasteiger charge is 2.49. The van der Waals surface area contributed by atoms with Crippen molar-refractivity contribution in [2.45, 2.75) is 57.5 Å². The van der Waals surface area contributed by atoms with Gasteiger partial charge in [0, 0.05) is 14.0 Å². The molecule has 196 valence electrons. The molecule has 3 aromatic carbocycles. The van der Waals surface area contributed by atoms with E-state index in [-0.39, 0.29) is 6.61 Å². The van der Waals surface area contributed by atoms with Crippen LogP contribution in [-0.2, 0) is 53.0 Å². The molecule has 4 rings (SSSR count). The van der Waals surface area contributed by atoms with Gasteiger partial charge in [-0.2, -0.15) is 0 Å². The summed E-state index contributed by atoms with van der Waals surface area (Å²) >= 11 is 0. The lowest BCUT2D eigenvalue weighted by Crippen LogP contribution is -2.61. The number of esters is 1. The van der Waals surface area contributed by atoms with Crippen molar-refractivity contribution < 1.29 is 33.2 Å². The molecule has 0 amide bonds. The van der Waals surface area contributed by atoms with Gasteiger partial charge in [-0.1, -0.05) is 91.0 Å². The Morgan fingerprint density at radius 2 is 1.11 bits per heavy atom. The summed E-state index contributed by atoms with van der Waals surface area (Å²) < 4.78 is 36.5. The van der Waals surface area contributed by atoms with E-state index in [1.165, 1.54) is 6.92 Å². The molecular formula is C30H34O7. The molecular weight excluding hydrogens is 472 g/mol. The molecule has 37 heavy (non-hydrogen) atoms. The molecule has 1 saturated heterocycles. The van der Waals surface area contributed by atoms with Crippen molar-refractivity contribution in [2.75, 3.05) is 13.7 Å². The van der Waals surface area contributed by atoms with Crippen LogP contribution in [0.5, 0.6) is 0 Å². The Balaban J connectivity index is 1.60. The van der Waals surface area contributed by atoms with E-state index in [2.05, 4.69) is 0 Å². The van der Waals surface area contributed by atoms with Crippen molar-refractivity contribution >= 4 is 5.97 Å². The van der Waals surface area contributed by atoms with Crippen LogP contribution >= 0.6 is 0 Å². The molecule has 1 aliphatic rings. The Morgan fingerprint density at radius 3 is 1.54 bits per heavy atom. The zero-order valence-electron chi connectivity index (χ0n) is 21.2. The fraction of sp³-hybridized carbons (Fsp3) is 0.367. The van der Waals surface area contributed by atoms with Crippen LogP contribution in [0.4, 0.5) is 0 Å². The van der Waals surface area contributed by atoms with Crippen LogP contribution in [0.25, 0.3) is 0 Å². The highest BCUT2D eigenvalue weighted by molar-refractivity contribution is 5.65. The van der Waals surface area contributed by atoms with Crippen LogP contribution in [0, 0.1) is 0 Å². The maximum Gasteiger partial charge on any atom is 0.302 e. The van der Waals surface area contributed by atoms with E-state index in [0.717, 1.165) is 16.7 Å². The summed E-state index contributed by atoms with van der Waals surface area (Å²) in [6.45, 7) is 2.40. The first kappa shape index (κ1) is 27.0. The number of ether oxygens (including phenoxy) is 6. The molecule has 0 N–H and O–H groups in total. The molecule has 1 heterocycles. The van der Waals surface area contributed by atoms with Crippen molar-refractivity contribution in [2.24, 2.45) is 0 Å². The van der Waals surface area contributed by atoms with E-state index < -0.39 is 36.7 Å². The minimum absolute atomic E-state index is 0.00521. The molecule has 0 aromatic heterocycles. The number of carbonyl (C=O) groups excluding carboxylic acids is 1. The number of hydrogen-bond acceptors (Lipinski definition) is 7. The van der Waals surface area contributed by atoms with Crippen LogP contribution in [0.1, 0.15) is 23.6 Å². The van der Waals surface area contributed by atoms with Crippen LogP contribution in [0.2, 0.25) is 0 Å². The minimum Gasteiger partial charge on any atom is -0.463 e. The predicted molar refractivity (Wildman–Crippen MR) is 137 cm³/mol. The molecule has 0 aliphatic carbocycles. The van der Waals surface area contributed by atoms with Gasteiger partial charge in [-0.15, -0.1) is 0 Å². The largest absolute Gasteiger partial charge is 0.463 e. The monoisotopic (exact) mass is 506 g/mol. The van der Waals surface area contributed by atoms with Gasteiger partial charge < -0.3 is 28.4 Å². The van der Waals surface area contributed by atoms with Crippen LogP contribution in [0.15, 0.2) is 91.0 Å². The summed E-state index contributed by atoms with van der Waals surface area (Å²) in [6.07, 6.45) is -3.11. The summed E-state index contributed by atoms with van der Waals surface area (Å²) in [5.74, 6) is -0.399. The van der Waals surface area contributed by atoms with Gasteiger partial charge >= 0.3 is 5.97 Å². The second-order valence-corrected chi connectivity index (χ2v) is 8.86. The smallest absolute Gasteiger partial charge is 0.302 e. The maximum atomic E-state index is 11.6. The SMILES string of the molecule is CO[C@@H]1O[C@H](COC(C)=O)[C@H](OCc2ccccc2)[C@H](OCc2ccccc2)[C@H]1OCc1ccccc1. The zero-order chi connectivity index (χ0) is 25.9. The number of methoxy groups -OCH3 is 1. The van der Waals surface area contributed by atoms with Crippen LogP contribution in [-0.4, -0.2) is 50.4 Å². The predicted octanol–water partition coefficient (Wildman–Crippen LogP) is 4.68. The summed E-state index contributed by atoms with van der Waals surface area (Å²) in [5.41, 5.74) is 3.04. The second kappa shape index (κ2) is 14.0. The lowest BCUT2D eigenvalue weighted by Gasteiger charge is -2.45. The molecule has 0 bridgehead atoms. The average molecular weight is 507 g/mol. The molecule has 3 aromatic rings. The van der Waals surface area contributed by atoms with Crippen molar-refractivity contribution in [1.29, 1.82) is 0 Å². The van der Waals surface area contributed by atoms with Gasteiger partial charge in [0.1, 0.15) is 31.0 Å². The van der Waals surface area contributed by atoms with Gasteiger partial charge in [0.15, 0.2) is 6.29 Å². The maximum absolute atomic E-state index is 11.6. The first-order valence-corrected chi connectivity index (χ1v) is 12.4. The highest BCUT2D eigenvalue weighted by Crippen LogP contribution is 2.31. The number of hydrogen-bond donors (Lipinski definition) is 0. The van der Waals surface area contributed by atoms with E-state index in [9.17, 15) is 4.79 Å². The highest BCUT2D eigenvalue weighted by atomic mass is 16.7. The average Bonchev–Trinajstić information content (AvgIpc) is 2.94. The molecule has 0 saturated carbocycles. The molecule has 1 aliphatic heterocycles. The zero-order valence-corrected chi connectivity index (χ0v) is 21.2. The standard InChI is InChI=1S/C30H34O7/c1-22(31)33-21-26-27(34-18-23-12-6-3-7-13-23)28(35-19-24-14-8-4-9-15-24)29(30(32-2)37-26)36-20-25-16-10-5-11-17-25/h3-17,26-30H,18-21H2,1-2H3/t26-,27+,28+,29-,30-/m1/s1. The number of rotatable bonds is 12. The van der Waals surface area contributed by atoms with Crippen molar-refractivity contribution in [3.05, 3.63) is 108 Å². The number of benzene rings is 3. The van der Waals surface area contributed by atoms with Gasteiger partial charge in [-0.25, -0.2) is 0 Å². The lowest BCUT2D eigenvalue weighted by atomic mass is 9.98. The second-order valence-electron chi connectivity index (χ2n) is 8.86. The van der Waals surface area contributed by atoms with Gasteiger partial charge in [0.05, 0.1) is 19.8 Å². The fourth-order valence-corrected chi connectivity index (χ4v) is 4.27. The van der Waals surface area contributed by atoms with Crippen molar-refractivity contribution in [3.8, 4) is 0 Å². The third-order valence-corrected chi connectivity index (χ3v) is 6.13. The van der Waals surface area contributed by atoms with Crippen LogP contribution < -0.4 is 0 Å². The Morgan fingerprint density at radius 1 is 0.676 bits per heavy atom. The molecule has 0 unspecified atom stereocenters. The van der Waals surface area contributed by atoms with Gasteiger partial charge in [-0.3, -0.25) is 4.79 Å². The first-order chi connectivity index (χ1) is 18.1. The molecule has 0 spiro atoms. The van der Waals surface area contributed by atoms with E-state index in [4.69, 9.17) is 28.4 Å².